The molecule has 0 saturated carbocycles. The second-order valence-corrected chi connectivity index (χ2v) is 6.58. The number of fused-ring (bicyclic) bond motifs is 2. The first-order chi connectivity index (χ1) is 12.7. The number of carbonyl (C=O) groups is 3. The van der Waals surface area contributed by atoms with Gasteiger partial charge < -0.3 is 19.3 Å². The van der Waals surface area contributed by atoms with Crippen LogP contribution in [0, 0.1) is 0 Å². The van der Waals surface area contributed by atoms with Gasteiger partial charge in [0.25, 0.3) is 0 Å². The lowest BCUT2D eigenvalue weighted by Gasteiger charge is -2.45. The van der Waals surface area contributed by atoms with Gasteiger partial charge >= 0.3 is 6.09 Å². The number of hydrogen-bond acceptors (Lipinski definition) is 4. The highest BCUT2D eigenvalue weighted by molar-refractivity contribution is 6.11. The van der Waals surface area contributed by atoms with E-state index in [0.717, 1.165) is 23.1 Å². The zero-order valence-electron chi connectivity index (χ0n) is 14.1. The molecule has 6 heteroatoms. The van der Waals surface area contributed by atoms with Crippen LogP contribution in [0.3, 0.4) is 0 Å². The van der Waals surface area contributed by atoms with Crippen molar-refractivity contribution in [2.45, 2.75) is 12.0 Å². The van der Waals surface area contributed by atoms with E-state index in [1.54, 1.807) is 0 Å². The predicted molar refractivity (Wildman–Crippen MR) is 94.7 cm³/mol. The Morgan fingerprint density at radius 3 is 2.50 bits per heavy atom. The molecule has 4 rings (SSSR count). The summed E-state index contributed by atoms with van der Waals surface area (Å²) < 4.78 is 5.34. The van der Waals surface area contributed by atoms with Gasteiger partial charge in [0.15, 0.2) is 0 Å². The minimum atomic E-state index is -0.759. The summed E-state index contributed by atoms with van der Waals surface area (Å²) in [6.45, 7) is 0.763. The van der Waals surface area contributed by atoms with E-state index >= 15 is 0 Å². The van der Waals surface area contributed by atoms with Gasteiger partial charge in [0.2, 0.25) is 5.91 Å². The molecule has 26 heavy (non-hydrogen) atoms. The molecule has 2 aliphatic heterocycles. The molecule has 2 aromatic rings. The fraction of sp³-hybridized carbons (Fsp3) is 0.250. The van der Waals surface area contributed by atoms with Crippen LogP contribution in [-0.2, 0) is 26.3 Å². The number of anilines is 1. The first-order valence-corrected chi connectivity index (χ1v) is 8.46. The number of aldehydes is 1. The molecule has 2 aromatic carbocycles. The Labute approximate surface area is 151 Å². The van der Waals surface area contributed by atoms with Crippen molar-refractivity contribution in [2.75, 3.05) is 24.5 Å². The van der Waals surface area contributed by atoms with Crippen LogP contribution >= 0.6 is 0 Å². The van der Waals surface area contributed by atoms with Crippen LogP contribution in [0.2, 0.25) is 0 Å². The zero-order valence-corrected chi connectivity index (χ0v) is 14.1. The maximum atomic E-state index is 12.9. The van der Waals surface area contributed by atoms with E-state index in [1.165, 1.54) is 9.80 Å². The first kappa shape index (κ1) is 16.3. The Balaban J connectivity index is 1.46. The third-order valence-electron chi connectivity index (χ3n) is 5.01. The molecule has 0 N–H and O–H groups in total. The molecular weight excluding hydrogens is 332 g/mol. The summed E-state index contributed by atoms with van der Waals surface area (Å²) in [6.07, 6.45) is 0.289. The number of amides is 2. The summed E-state index contributed by atoms with van der Waals surface area (Å²) in [4.78, 5) is 39.2. The molecule has 132 valence electrons. The van der Waals surface area contributed by atoms with E-state index < -0.39 is 11.5 Å². The largest absolute Gasteiger partial charge is 0.445 e. The first-order valence-electron chi connectivity index (χ1n) is 8.46. The SMILES string of the molecule is O=CCN1C(=O)C2(CN(C(=O)OCc3ccccc3)C2)c2ccccc21. The smallest absolute Gasteiger partial charge is 0.410 e. The lowest BCUT2D eigenvalue weighted by atomic mass is 9.75. The van der Waals surface area contributed by atoms with E-state index in [4.69, 9.17) is 4.74 Å². The van der Waals surface area contributed by atoms with Gasteiger partial charge in [0, 0.05) is 18.8 Å². The van der Waals surface area contributed by atoms with E-state index in [9.17, 15) is 14.4 Å². The number of hydrogen-bond donors (Lipinski definition) is 0. The number of ether oxygens (including phenoxy) is 1. The lowest BCUT2D eigenvalue weighted by Crippen LogP contribution is -2.65. The predicted octanol–water partition coefficient (Wildman–Crippen LogP) is 2.12. The summed E-state index contributed by atoms with van der Waals surface area (Å²) in [6, 6.07) is 16.9. The molecule has 2 heterocycles. The average Bonchev–Trinajstić information content (AvgIpc) is 2.89. The van der Waals surface area contributed by atoms with Crippen molar-refractivity contribution >= 4 is 24.0 Å². The van der Waals surface area contributed by atoms with Gasteiger partial charge in [-0.05, 0) is 17.2 Å². The maximum absolute atomic E-state index is 12.9. The van der Waals surface area contributed by atoms with Crippen molar-refractivity contribution in [1.82, 2.24) is 4.90 Å². The topological polar surface area (TPSA) is 66.9 Å². The summed E-state index contributed by atoms with van der Waals surface area (Å²) in [5.74, 6) is -0.127. The third kappa shape index (κ3) is 2.45. The van der Waals surface area contributed by atoms with E-state index in [1.807, 2.05) is 54.6 Å². The standard InChI is InChI=1S/C20H18N2O4/c23-11-10-22-17-9-5-4-8-16(17)20(18(22)24)13-21(14-20)19(25)26-12-15-6-2-1-3-7-15/h1-9,11H,10,12-14H2. The summed E-state index contributed by atoms with van der Waals surface area (Å²) in [7, 11) is 0. The molecule has 1 saturated heterocycles. The van der Waals surface area contributed by atoms with Gasteiger partial charge in [-0.2, -0.15) is 0 Å². The number of likely N-dealkylation sites (tertiary alicyclic amines) is 1. The molecule has 0 aliphatic carbocycles. The molecule has 6 nitrogen and oxygen atoms in total. The summed E-state index contributed by atoms with van der Waals surface area (Å²) >= 11 is 0. The monoisotopic (exact) mass is 350 g/mol. The highest BCUT2D eigenvalue weighted by Crippen LogP contribution is 2.47. The highest BCUT2D eigenvalue weighted by atomic mass is 16.6. The molecule has 1 spiro atoms. The second kappa shape index (κ2) is 6.29. The van der Waals surface area contributed by atoms with Crippen LogP contribution in [0.25, 0.3) is 0 Å². The molecule has 2 amide bonds. The Morgan fingerprint density at radius 2 is 1.77 bits per heavy atom. The van der Waals surface area contributed by atoms with Crippen molar-refractivity contribution in [3.8, 4) is 0 Å². The van der Waals surface area contributed by atoms with E-state index in [0.29, 0.717) is 0 Å². The van der Waals surface area contributed by atoms with Crippen molar-refractivity contribution in [1.29, 1.82) is 0 Å². The van der Waals surface area contributed by atoms with Crippen molar-refractivity contribution < 1.29 is 19.1 Å². The van der Waals surface area contributed by atoms with Crippen molar-refractivity contribution in [2.24, 2.45) is 0 Å². The van der Waals surface area contributed by atoms with Crippen LogP contribution in [0.15, 0.2) is 54.6 Å². The summed E-state index contributed by atoms with van der Waals surface area (Å²) in [5.41, 5.74) is 1.78. The molecule has 0 radical (unpaired) electrons. The fourth-order valence-corrected chi connectivity index (χ4v) is 3.70. The molecule has 0 aromatic heterocycles. The molecular formula is C20H18N2O4. The van der Waals surface area contributed by atoms with Crippen LogP contribution in [-0.4, -0.2) is 42.8 Å². The minimum Gasteiger partial charge on any atom is -0.445 e. The number of benzene rings is 2. The Morgan fingerprint density at radius 1 is 1.08 bits per heavy atom. The zero-order chi connectivity index (χ0) is 18.1. The number of rotatable bonds is 4. The van der Waals surface area contributed by atoms with Crippen LogP contribution in [0.5, 0.6) is 0 Å². The average molecular weight is 350 g/mol. The Bertz CT molecular complexity index is 859. The molecule has 1 fully saturated rings. The number of nitrogens with zero attached hydrogens (tertiary/aromatic N) is 2. The second-order valence-electron chi connectivity index (χ2n) is 6.58. The van der Waals surface area contributed by atoms with Gasteiger partial charge in [-0.1, -0.05) is 48.5 Å². The fourth-order valence-electron chi connectivity index (χ4n) is 3.70. The summed E-state index contributed by atoms with van der Waals surface area (Å²) in [5, 5.41) is 0. The maximum Gasteiger partial charge on any atom is 0.410 e. The third-order valence-corrected chi connectivity index (χ3v) is 5.01. The van der Waals surface area contributed by atoms with Gasteiger partial charge in [-0.3, -0.25) is 4.79 Å². The normalized spacial score (nSPS) is 17.0. The van der Waals surface area contributed by atoms with Gasteiger partial charge in [0.05, 0.1) is 6.54 Å². The van der Waals surface area contributed by atoms with Gasteiger partial charge in [-0.15, -0.1) is 0 Å². The van der Waals surface area contributed by atoms with Crippen LogP contribution < -0.4 is 4.90 Å². The number of para-hydroxylation sites is 1. The minimum absolute atomic E-state index is 0.0239. The van der Waals surface area contributed by atoms with E-state index in [2.05, 4.69) is 0 Å². The quantitative estimate of drug-likeness (QED) is 0.792. The molecule has 0 unspecified atom stereocenters. The molecule has 0 bridgehead atoms. The lowest BCUT2D eigenvalue weighted by molar-refractivity contribution is -0.129. The molecule has 0 atom stereocenters. The Kier molecular flexibility index (Phi) is 3.95. The van der Waals surface area contributed by atoms with Crippen molar-refractivity contribution in [3.63, 3.8) is 0 Å². The van der Waals surface area contributed by atoms with Crippen molar-refractivity contribution in [3.05, 3.63) is 65.7 Å². The molecule has 2 aliphatic rings. The highest BCUT2D eigenvalue weighted by Gasteiger charge is 2.59. The Hall–Kier alpha value is -3.15. The van der Waals surface area contributed by atoms with Crippen LogP contribution in [0.1, 0.15) is 11.1 Å². The van der Waals surface area contributed by atoms with E-state index in [-0.39, 0.29) is 32.1 Å². The van der Waals surface area contributed by atoms with Gasteiger partial charge in [-0.25, -0.2) is 4.79 Å². The van der Waals surface area contributed by atoms with Crippen LogP contribution in [0.4, 0.5) is 10.5 Å². The van der Waals surface area contributed by atoms with Gasteiger partial charge in [0.1, 0.15) is 18.3 Å². The number of carbonyl (C=O) groups excluding carboxylic acids is 3.